The highest BCUT2D eigenvalue weighted by molar-refractivity contribution is 6.05. The SMILES string of the molecule is Cc1ccc(NC(=O)c2ccc(-c3ccc(F)cc3)nc2C)cc1. The molecule has 0 saturated heterocycles. The van der Waals surface area contributed by atoms with Gasteiger partial charge >= 0.3 is 0 Å². The standard InChI is InChI=1S/C20H17FN2O/c1-13-3-9-17(10-4-13)23-20(24)18-11-12-19(22-14(18)2)15-5-7-16(21)8-6-15/h3-12H,1-2H3,(H,23,24). The summed E-state index contributed by atoms with van der Waals surface area (Å²) >= 11 is 0. The molecule has 1 heterocycles. The number of nitrogens with zero attached hydrogens (tertiary/aromatic N) is 1. The summed E-state index contributed by atoms with van der Waals surface area (Å²) in [6.07, 6.45) is 0. The second-order valence-electron chi connectivity index (χ2n) is 5.66. The summed E-state index contributed by atoms with van der Waals surface area (Å²) in [6.45, 7) is 3.78. The molecule has 1 N–H and O–H groups in total. The Morgan fingerprint density at radius 1 is 0.917 bits per heavy atom. The highest BCUT2D eigenvalue weighted by Crippen LogP contribution is 2.20. The van der Waals surface area contributed by atoms with Gasteiger partial charge in [0.15, 0.2) is 0 Å². The van der Waals surface area contributed by atoms with Crippen molar-refractivity contribution in [3.05, 3.63) is 83.3 Å². The van der Waals surface area contributed by atoms with Crippen LogP contribution in [0.4, 0.5) is 10.1 Å². The van der Waals surface area contributed by atoms with Gasteiger partial charge in [-0.15, -0.1) is 0 Å². The Bertz CT molecular complexity index is 871. The van der Waals surface area contributed by atoms with E-state index in [2.05, 4.69) is 10.3 Å². The predicted octanol–water partition coefficient (Wildman–Crippen LogP) is 4.76. The van der Waals surface area contributed by atoms with Gasteiger partial charge in [-0.05, 0) is 62.4 Å². The number of nitrogens with one attached hydrogen (secondary N) is 1. The fourth-order valence-corrected chi connectivity index (χ4v) is 2.42. The molecule has 0 aliphatic rings. The molecule has 24 heavy (non-hydrogen) atoms. The normalized spacial score (nSPS) is 10.5. The van der Waals surface area contributed by atoms with Crippen LogP contribution in [0.25, 0.3) is 11.3 Å². The largest absolute Gasteiger partial charge is 0.322 e. The summed E-state index contributed by atoms with van der Waals surface area (Å²) in [5.74, 6) is -0.487. The van der Waals surface area contributed by atoms with Crippen LogP contribution in [-0.2, 0) is 0 Å². The molecule has 1 aromatic heterocycles. The van der Waals surface area contributed by atoms with Crippen LogP contribution in [0.2, 0.25) is 0 Å². The topological polar surface area (TPSA) is 42.0 Å². The van der Waals surface area contributed by atoms with E-state index in [1.807, 2.05) is 31.2 Å². The van der Waals surface area contributed by atoms with Crippen LogP contribution in [0.3, 0.4) is 0 Å². The summed E-state index contributed by atoms with van der Waals surface area (Å²) in [5, 5.41) is 2.86. The number of amides is 1. The second-order valence-corrected chi connectivity index (χ2v) is 5.66. The summed E-state index contributed by atoms with van der Waals surface area (Å²) in [5.41, 5.74) is 4.54. The molecule has 0 atom stereocenters. The number of hydrogen-bond donors (Lipinski definition) is 1. The van der Waals surface area contributed by atoms with Gasteiger partial charge in [-0.2, -0.15) is 0 Å². The van der Waals surface area contributed by atoms with Gasteiger partial charge in [0.2, 0.25) is 0 Å². The molecular weight excluding hydrogens is 303 g/mol. The molecule has 4 heteroatoms. The molecule has 0 aliphatic heterocycles. The van der Waals surface area contributed by atoms with Crippen molar-refractivity contribution in [2.45, 2.75) is 13.8 Å². The Morgan fingerprint density at radius 2 is 1.58 bits per heavy atom. The van der Waals surface area contributed by atoms with E-state index in [1.165, 1.54) is 12.1 Å². The van der Waals surface area contributed by atoms with Gasteiger partial charge in [0.1, 0.15) is 5.82 Å². The zero-order valence-corrected chi connectivity index (χ0v) is 13.5. The predicted molar refractivity (Wildman–Crippen MR) is 93.5 cm³/mol. The molecule has 3 aromatic rings. The molecular formula is C20H17FN2O. The van der Waals surface area contributed by atoms with Gasteiger partial charge < -0.3 is 5.32 Å². The molecule has 0 unspecified atom stereocenters. The maximum Gasteiger partial charge on any atom is 0.257 e. The number of rotatable bonds is 3. The maximum atomic E-state index is 13.0. The lowest BCUT2D eigenvalue weighted by Crippen LogP contribution is -2.14. The third kappa shape index (κ3) is 3.49. The summed E-state index contributed by atoms with van der Waals surface area (Å²) in [7, 11) is 0. The van der Waals surface area contributed by atoms with Gasteiger partial charge in [0.25, 0.3) is 5.91 Å². The molecule has 0 fully saturated rings. The van der Waals surface area contributed by atoms with Gasteiger partial charge in [-0.3, -0.25) is 9.78 Å². The molecule has 0 aliphatic carbocycles. The van der Waals surface area contributed by atoms with Crippen molar-refractivity contribution in [1.29, 1.82) is 0 Å². The van der Waals surface area contributed by atoms with Crippen LogP contribution < -0.4 is 5.32 Å². The van der Waals surface area contributed by atoms with Gasteiger partial charge in [-0.25, -0.2) is 4.39 Å². The lowest BCUT2D eigenvalue weighted by molar-refractivity contribution is 0.102. The smallest absolute Gasteiger partial charge is 0.257 e. The third-order valence-electron chi connectivity index (χ3n) is 3.78. The molecule has 3 rings (SSSR count). The van der Waals surface area contributed by atoms with E-state index in [9.17, 15) is 9.18 Å². The number of anilines is 1. The first kappa shape index (κ1) is 15.9. The van der Waals surface area contributed by atoms with Crippen LogP contribution in [-0.4, -0.2) is 10.9 Å². The van der Waals surface area contributed by atoms with Crippen molar-refractivity contribution >= 4 is 11.6 Å². The number of carbonyl (C=O) groups is 1. The van der Waals surface area contributed by atoms with Crippen LogP contribution in [0.15, 0.2) is 60.7 Å². The Kier molecular flexibility index (Phi) is 4.38. The Balaban J connectivity index is 1.82. The van der Waals surface area contributed by atoms with E-state index in [1.54, 1.807) is 31.2 Å². The molecule has 3 nitrogen and oxygen atoms in total. The second kappa shape index (κ2) is 6.62. The fourth-order valence-electron chi connectivity index (χ4n) is 2.42. The van der Waals surface area contributed by atoms with Crippen molar-refractivity contribution in [3.8, 4) is 11.3 Å². The van der Waals surface area contributed by atoms with E-state index in [4.69, 9.17) is 0 Å². The van der Waals surface area contributed by atoms with Crippen LogP contribution in [0.1, 0.15) is 21.6 Å². The molecule has 2 aromatic carbocycles. The van der Waals surface area contributed by atoms with Crippen molar-refractivity contribution < 1.29 is 9.18 Å². The van der Waals surface area contributed by atoms with Crippen LogP contribution in [0, 0.1) is 19.7 Å². The van der Waals surface area contributed by atoms with Gasteiger partial charge in [0, 0.05) is 11.3 Å². The average Bonchev–Trinajstić information content (AvgIpc) is 2.57. The first-order chi connectivity index (χ1) is 11.5. The summed E-state index contributed by atoms with van der Waals surface area (Å²) < 4.78 is 13.0. The van der Waals surface area contributed by atoms with E-state index >= 15 is 0 Å². The Morgan fingerprint density at radius 3 is 2.21 bits per heavy atom. The first-order valence-corrected chi connectivity index (χ1v) is 7.64. The Hall–Kier alpha value is -3.01. The van der Waals surface area contributed by atoms with Gasteiger partial charge in [0.05, 0.1) is 17.0 Å². The number of hydrogen-bond acceptors (Lipinski definition) is 2. The molecule has 0 bridgehead atoms. The molecule has 0 saturated carbocycles. The zero-order valence-electron chi connectivity index (χ0n) is 13.5. The minimum atomic E-state index is -0.287. The highest BCUT2D eigenvalue weighted by atomic mass is 19.1. The maximum absolute atomic E-state index is 13.0. The zero-order chi connectivity index (χ0) is 17.1. The molecule has 1 amide bonds. The number of halogens is 1. The number of pyridine rings is 1. The highest BCUT2D eigenvalue weighted by Gasteiger charge is 2.12. The fraction of sp³-hybridized carbons (Fsp3) is 0.100. The number of benzene rings is 2. The van der Waals surface area contributed by atoms with Crippen molar-refractivity contribution in [2.24, 2.45) is 0 Å². The number of aryl methyl sites for hydroxylation is 2. The summed E-state index contributed by atoms with van der Waals surface area (Å²) in [6, 6.07) is 17.2. The lowest BCUT2D eigenvalue weighted by atomic mass is 10.1. The van der Waals surface area contributed by atoms with E-state index in [0.717, 1.165) is 16.8 Å². The van der Waals surface area contributed by atoms with Crippen molar-refractivity contribution in [3.63, 3.8) is 0 Å². The van der Waals surface area contributed by atoms with Crippen molar-refractivity contribution in [1.82, 2.24) is 4.98 Å². The minimum Gasteiger partial charge on any atom is -0.322 e. The average molecular weight is 320 g/mol. The Labute approximate surface area is 140 Å². The van der Waals surface area contributed by atoms with E-state index < -0.39 is 0 Å². The monoisotopic (exact) mass is 320 g/mol. The summed E-state index contributed by atoms with van der Waals surface area (Å²) in [4.78, 5) is 16.9. The third-order valence-corrected chi connectivity index (χ3v) is 3.78. The molecule has 120 valence electrons. The molecule has 0 radical (unpaired) electrons. The first-order valence-electron chi connectivity index (χ1n) is 7.64. The number of carbonyl (C=O) groups excluding carboxylic acids is 1. The lowest BCUT2D eigenvalue weighted by Gasteiger charge is -2.09. The van der Waals surface area contributed by atoms with Crippen LogP contribution in [0.5, 0.6) is 0 Å². The van der Waals surface area contributed by atoms with E-state index in [-0.39, 0.29) is 11.7 Å². The number of aromatic nitrogens is 1. The quantitative estimate of drug-likeness (QED) is 0.756. The minimum absolute atomic E-state index is 0.200. The van der Waals surface area contributed by atoms with Crippen molar-refractivity contribution in [2.75, 3.05) is 5.32 Å². The van der Waals surface area contributed by atoms with Crippen LogP contribution >= 0.6 is 0 Å². The molecule has 0 spiro atoms. The van der Waals surface area contributed by atoms with E-state index in [0.29, 0.717) is 17.0 Å². The van der Waals surface area contributed by atoms with Gasteiger partial charge in [-0.1, -0.05) is 17.7 Å².